The van der Waals surface area contributed by atoms with Gasteiger partial charge < -0.3 is 19.7 Å². The molecule has 6 heteroatoms. The number of benzene rings is 1. The molecule has 1 amide bonds. The van der Waals surface area contributed by atoms with Crippen molar-refractivity contribution >= 4 is 11.6 Å². The molecule has 2 aliphatic heterocycles. The Balaban J connectivity index is 1.67. The summed E-state index contributed by atoms with van der Waals surface area (Å²) in [6.07, 6.45) is 1.68. The molecule has 2 heterocycles. The summed E-state index contributed by atoms with van der Waals surface area (Å²) < 4.78 is 24.6. The highest BCUT2D eigenvalue weighted by atomic mass is 19.1. The normalized spacial score (nSPS) is 24.7. The van der Waals surface area contributed by atoms with Gasteiger partial charge in [0.05, 0.1) is 25.2 Å². The molecule has 5 nitrogen and oxygen atoms in total. The molecule has 0 saturated carbocycles. The van der Waals surface area contributed by atoms with Crippen molar-refractivity contribution in [1.29, 1.82) is 0 Å². The van der Waals surface area contributed by atoms with Gasteiger partial charge >= 0.3 is 0 Å². The molecule has 0 radical (unpaired) electrons. The summed E-state index contributed by atoms with van der Waals surface area (Å²) in [7, 11) is 0. The van der Waals surface area contributed by atoms with Crippen LogP contribution in [0.3, 0.4) is 0 Å². The molecule has 2 saturated heterocycles. The van der Waals surface area contributed by atoms with Crippen LogP contribution in [0, 0.1) is 11.7 Å². The van der Waals surface area contributed by atoms with E-state index in [1.165, 1.54) is 12.1 Å². The number of hydrogen-bond donors (Lipinski definition) is 1. The summed E-state index contributed by atoms with van der Waals surface area (Å²) in [5.74, 6) is -0.427. The molecule has 2 fully saturated rings. The Bertz CT molecular complexity index is 575. The first-order chi connectivity index (χ1) is 11.6. The van der Waals surface area contributed by atoms with E-state index >= 15 is 0 Å². The van der Waals surface area contributed by atoms with Gasteiger partial charge in [0.25, 0.3) is 0 Å². The third-order valence-corrected chi connectivity index (χ3v) is 4.79. The molecular weight excluding hydrogens is 311 g/mol. The lowest BCUT2D eigenvalue weighted by atomic mass is 9.94. The van der Waals surface area contributed by atoms with Crippen molar-refractivity contribution in [3.8, 4) is 0 Å². The average molecular weight is 336 g/mol. The lowest BCUT2D eigenvalue weighted by Crippen LogP contribution is -2.40. The van der Waals surface area contributed by atoms with Gasteiger partial charge in [0, 0.05) is 31.9 Å². The third kappa shape index (κ3) is 4.05. The molecular formula is C18H25FN2O3. The number of anilines is 1. The maximum absolute atomic E-state index is 13.7. The zero-order valence-corrected chi connectivity index (χ0v) is 14.1. The number of ether oxygens (including phenoxy) is 2. The zero-order chi connectivity index (χ0) is 16.9. The standard InChI is InChI=1S/C18H25FN2O3/c1-13-16(3-2-8-24-13)18(22)20-12-14-11-15(19)4-5-17(14)21-6-9-23-10-7-21/h4-5,11,13,16H,2-3,6-10,12H2,1H3,(H,20,22). The smallest absolute Gasteiger partial charge is 0.225 e. The molecule has 132 valence electrons. The van der Waals surface area contributed by atoms with E-state index in [0.29, 0.717) is 19.8 Å². The first-order valence-electron chi connectivity index (χ1n) is 8.65. The van der Waals surface area contributed by atoms with Crippen LogP contribution < -0.4 is 10.2 Å². The minimum Gasteiger partial charge on any atom is -0.378 e. The van der Waals surface area contributed by atoms with Gasteiger partial charge in [-0.3, -0.25) is 4.79 Å². The molecule has 1 N–H and O–H groups in total. The van der Waals surface area contributed by atoms with Crippen LogP contribution in [0.15, 0.2) is 18.2 Å². The van der Waals surface area contributed by atoms with Crippen LogP contribution in [0.4, 0.5) is 10.1 Å². The maximum Gasteiger partial charge on any atom is 0.225 e. The number of hydrogen-bond acceptors (Lipinski definition) is 4. The Hall–Kier alpha value is -1.66. The Labute approximate surface area is 142 Å². The van der Waals surface area contributed by atoms with Crippen molar-refractivity contribution in [2.24, 2.45) is 5.92 Å². The van der Waals surface area contributed by atoms with Crippen molar-refractivity contribution < 1.29 is 18.7 Å². The van der Waals surface area contributed by atoms with Gasteiger partial charge in [0.2, 0.25) is 5.91 Å². The van der Waals surface area contributed by atoms with Crippen LogP contribution in [0.1, 0.15) is 25.3 Å². The summed E-state index contributed by atoms with van der Waals surface area (Å²) in [5.41, 5.74) is 1.77. The molecule has 0 bridgehead atoms. The van der Waals surface area contributed by atoms with E-state index in [9.17, 15) is 9.18 Å². The average Bonchev–Trinajstić information content (AvgIpc) is 2.61. The quantitative estimate of drug-likeness (QED) is 0.915. The number of amides is 1. The molecule has 0 aliphatic carbocycles. The first-order valence-corrected chi connectivity index (χ1v) is 8.65. The number of nitrogens with one attached hydrogen (secondary N) is 1. The predicted molar refractivity (Wildman–Crippen MR) is 89.4 cm³/mol. The predicted octanol–water partition coefficient (Wildman–Crippen LogP) is 2.09. The molecule has 2 unspecified atom stereocenters. The fourth-order valence-electron chi connectivity index (χ4n) is 3.39. The van der Waals surface area contributed by atoms with E-state index in [1.807, 2.05) is 6.92 Å². The number of nitrogens with zero attached hydrogens (tertiary/aromatic N) is 1. The van der Waals surface area contributed by atoms with E-state index in [0.717, 1.165) is 43.8 Å². The molecule has 1 aromatic carbocycles. The summed E-state index contributed by atoms with van der Waals surface area (Å²) in [5, 5.41) is 2.96. The molecule has 3 rings (SSSR count). The lowest BCUT2D eigenvalue weighted by Gasteiger charge is -2.31. The van der Waals surface area contributed by atoms with E-state index in [-0.39, 0.29) is 23.7 Å². The monoisotopic (exact) mass is 336 g/mol. The maximum atomic E-state index is 13.7. The van der Waals surface area contributed by atoms with E-state index < -0.39 is 0 Å². The molecule has 1 aromatic rings. The fraction of sp³-hybridized carbons (Fsp3) is 0.611. The van der Waals surface area contributed by atoms with Crippen LogP contribution in [-0.4, -0.2) is 44.9 Å². The number of halogens is 1. The zero-order valence-electron chi connectivity index (χ0n) is 14.1. The summed E-state index contributed by atoms with van der Waals surface area (Å²) >= 11 is 0. The second-order valence-electron chi connectivity index (χ2n) is 6.41. The van der Waals surface area contributed by atoms with Crippen molar-refractivity contribution in [2.75, 3.05) is 37.8 Å². The Morgan fingerprint density at radius 2 is 2.12 bits per heavy atom. The highest BCUT2D eigenvalue weighted by molar-refractivity contribution is 5.79. The number of carbonyl (C=O) groups is 1. The minimum absolute atomic E-state index is 0.0145. The van der Waals surface area contributed by atoms with Crippen molar-refractivity contribution in [3.63, 3.8) is 0 Å². The molecule has 24 heavy (non-hydrogen) atoms. The summed E-state index contributed by atoms with van der Waals surface area (Å²) in [4.78, 5) is 14.6. The second-order valence-corrected chi connectivity index (χ2v) is 6.41. The summed E-state index contributed by atoms with van der Waals surface area (Å²) in [6, 6.07) is 4.76. The van der Waals surface area contributed by atoms with Gasteiger partial charge in [0.1, 0.15) is 5.82 Å². The second kappa shape index (κ2) is 7.94. The van der Waals surface area contributed by atoms with Gasteiger partial charge in [-0.15, -0.1) is 0 Å². The highest BCUT2D eigenvalue weighted by Gasteiger charge is 2.28. The van der Waals surface area contributed by atoms with E-state index in [2.05, 4.69) is 10.2 Å². The van der Waals surface area contributed by atoms with Crippen LogP contribution in [0.5, 0.6) is 0 Å². The third-order valence-electron chi connectivity index (χ3n) is 4.79. The van der Waals surface area contributed by atoms with Gasteiger partial charge in [-0.05, 0) is 43.5 Å². The van der Waals surface area contributed by atoms with E-state index in [4.69, 9.17) is 9.47 Å². The van der Waals surface area contributed by atoms with Crippen molar-refractivity contribution in [1.82, 2.24) is 5.32 Å². The number of carbonyl (C=O) groups excluding carboxylic acids is 1. The molecule has 2 aliphatic rings. The molecule has 0 aromatic heterocycles. The Morgan fingerprint density at radius 1 is 1.33 bits per heavy atom. The van der Waals surface area contributed by atoms with Gasteiger partial charge in [0.15, 0.2) is 0 Å². The van der Waals surface area contributed by atoms with Crippen LogP contribution in [0.2, 0.25) is 0 Å². The van der Waals surface area contributed by atoms with Gasteiger partial charge in [-0.2, -0.15) is 0 Å². The SMILES string of the molecule is CC1OCCCC1C(=O)NCc1cc(F)ccc1N1CCOCC1. The van der Waals surface area contributed by atoms with Crippen molar-refractivity contribution in [3.05, 3.63) is 29.6 Å². The first kappa shape index (κ1) is 17.2. The molecule has 2 atom stereocenters. The Kier molecular flexibility index (Phi) is 5.68. The number of morpholine rings is 1. The fourth-order valence-corrected chi connectivity index (χ4v) is 3.39. The lowest BCUT2D eigenvalue weighted by molar-refractivity contribution is -0.133. The van der Waals surface area contributed by atoms with Gasteiger partial charge in [-0.25, -0.2) is 4.39 Å². The van der Waals surface area contributed by atoms with Crippen LogP contribution in [0.25, 0.3) is 0 Å². The highest BCUT2D eigenvalue weighted by Crippen LogP contribution is 2.24. The topological polar surface area (TPSA) is 50.8 Å². The van der Waals surface area contributed by atoms with Crippen LogP contribution in [-0.2, 0) is 20.8 Å². The minimum atomic E-state index is -0.286. The Morgan fingerprint density at radius 3 is 2.88 bits per heavy atom. The molecule has 0 spiro atoms. The van der Waals surface area contributed by atoms with Crippen LogP contribution >= 0.6 is 0 Å². The van der Waals surface area contributed by atoms with Crippen molar-refractivity contribution in [2.45, 2.75) is 32.4 Å². The number of rotatable bonds is 4. The van der Waals surface area contributed by atoms with Gasteiger partial charge in [-0.1, -0.05) is 0 Å². The van der Waals surface area contributed by atoms with E-state index in [1.54, 1.807) is 6.07 Å². The largest absolute Gasteiger partial charge is 0.378 e. The summed E-state index contributed by atoms with van der Waals surface area (Å²) in [6.45, 7) is 5.87.